The molecule has 0 saturated carbocycles. The fraction of sp³-hybridized carbons (Fsp3) is 0.500. The van der Waals surface area contributed by atoms with E-state index in [9.17, 15) is 4.79 Å². The summed E-state index contributed by atoms with van der Waals surface area (Å²) in [5.41, 5.74) is 8.89. The van der Waals surface area contributed by atoms with Gasteiger partial charge < -0.3 is 10.6 Å². The van der Waals surface area contributed by atoms with Crippen molar-refractivity contribution in [2.45, 2.75) is 33.6 Å². The standard InChI is InChI=1S/C14H22N2O/c1-4-5-14(17)16(7-6-15)13-9-11(2)8-12(3)10-13/h8-10H,4-7,15H2,1-3H3. The Hall–Kier alpha value is -1.35. The number of benzene rings is 1. The van der Waals surface area contributed by atoms with Gasteiger partial charge in [0.05, 0.1) is 0 Å². The third-order valence-corrected chi connectivity index (χ3v) is 2.64. The van der Waals surface area contributed by atoms with Crippen molar-refractivity contribution in [2.24, 2.45) is 5.73 Å². The average Bonchev–Trinajstić information content (AvgIpc) is 2.24. The van der Waals surface area contributed by atoms with Crippen molar-refractivity contribution in [2.75, 3.05) is 18.0 Å². The van der Waals surface area contributed by atoms with Crippen LogP contribution in [0.1, 0.15) is 30.9 Å². The molecule has 2 N–H and O–H groups in total. The molecule has 0 unspecified atom stereocenters. The number of anilines is 1. The average molecular weight is 234 g/mol. The summed E-state index contributed by atoms with van der Waals surface area (Å²) >= 11 is 0. The van der Waals surface area contributed by atoms with Crippen LogP contribution in [-0.4, -0.2) is 19.0 Å². The molecular formula is C14H22N2O. The summed E-state index contributed by atoms with van der Waals surface area (Å²) in [6.45, 7) is 7.17. The Morgan fingerprint density at radius 2 is 1.82 bits per heavy atom. The number of nitrogens with zero attached hydrogens (tertiary/aromatic N) is 1. The molecule has 3 heteroatoms. The van der Waals surface area contributed by atoms with Crippen LogP contribution in [0.3, 0.4) is 0 Å². The van der Waals surface area contributed by atoms with E-state index in [1.165, 1.54) is 11.1 Å². The van der Waals surface area contributed by atoms with Crippen LogP contribution in [0, 0.1) is 13.8 Å². The maximum absolute atomic E-state index is 12.0. The molecule has 0 aliphatic carbocycles. The van der Waals surface area contributed by atoms with E-state index < -0.39 is 0 Å². The second kappa shape index (κ2) is 6.40. The molecule has 1 aromatic carbocycles. The van der Waals surface area contributed by atoms with Gasteiger partial charge in [0.2, 0.25) is 5.91 Å². The van der Waals surface area contributed by atoms with Crippen LogP contribution < -0.4 is 10.6 Å². The van der Waals surface area contributed by atoms with Gasteiger partial charge in [-0.05, 0) is 43.5 Å². The van der Waals surface area contributed by atoms with E-state index in [-0.39, 0.29) is 5.91 Å². The SMILES string of the molecule is CCCC(=O)N(CCN)c1cc(C)cc(C)c1. The summed E-state index contributed by atoms with van der Waals surface area (Å²) in [6, 6.07) is 6.18. The van der Waals surface area contributed by atoms with E-state index >= 15 is 0 Å². The van der Waals surface area contributed by atoms with Gasteiger partial charge in [-0.2, -0.15) is 0 Å². The molecule has 0 radical (unpaired) electrons. The van der Waals surface area contributed by atoms with Gasteiger partial charge in [-0.15, -0.1) is 0 Å². The second-order valence-corrected chi connectivity index (χ2v) is 4.43. The predicted molar refractivity (Wildman–Crippen MR) is 72.2 cm³/mol. The molecular weight excluding hydrogens is 212 g/mol. The normalized spacial score (nSPS) is 10.4. The van der Waals surface area contributed by atoms with E-state index in [1.54, 1.807) is 4.90 Å². The topological polar surface area (TPSA) is 46.3 Å². The highest BCUT2D eigenvalue weighted by molar-refractivity contribution is 5.93. The van der Waals surface area contributed by atoms with E-state index in [1.807, 2.05) is 32.9 Å². The molecule has 0 bridgehead atoms. The Labute approximate surface area is 104 Å². The van der Waals surface area contributed by atoms with Crippen LogP contribution >= 0.6 is 0 Å². The monoisotopic (exact) mass is 234 g/mol. The molecule has 0 aliphatic rings. The minimum Gasteiger partial charge on any atom is -0.329 e. The van der Waals surface area contributed by atoms with Crippen LogP contribution in [0.15, 0.2) is 18.2 Å². The van der Waals surface area contributed by atoms with Crippen LogP contribution in [0.5, 0.6) is 0 Å². The predicted octanol–water partition coefficient (Wildman–Crippen LogP) is 2.40. The molecule has 1 amide bonds. The lowest BCUT2D eigenvalue weighted by Gasteiger charge is -2.23. The quantitative estimate of drug-likeness (QED) is 0.850. The summed E-state index contributed by atoms with van der Waals surface area (Å²) in [6.07, 6.45) is 1.44. The molecule has 0 fully saturated rings. The fourth-order valence-corrected chi connectivity index (χ4v) is 1.98. The summed E-state index contributed by atoms with van der Waals surface area (Å²) in [5.74, 6) is 0.156. The highest BCUT2D eigenvalue weighted by Gasteiger charge is 2.14. The van der Waals surface area contributed by atoms with Crippen LogP contribution in [-0.2, 0) is 4.79 Å². The lowest BCUT2D eigenvalue weighted by atomic mass is 10.1. The Morgan fingerprint density at radius 1 is 1.24 bits per heavy atom. The zero-order chi connectivity index (χ0) is 12.8. The zero-order valence-electron chi connectivity index (χ0n) is 11.0. The van der Waals surface area contributed by atoms with Gasteiger partial charge in [0.15, 0.2) is 0 Å². The Kier molecular flexibility index (Phi) is 5.16. The van der Waals surface area contributed by atoms with Crippen molar-refractivity contribution in [1.29, 1.82) is 0 Å². The van der Waals surface area contributed by atoms with Crippen molar-refractivity contribution in [3.8, 4) is 0 Å². The van der Waals surface area contributed by atoms with Crippen molar-refractivity contribution in [1.82, 2.24) is 0 Å². The smallest absolute Gasteiger partial charge is 0.227 e. The number of amides is 1. The van der Waals surface area contributed by atoms with Crippen LogP contribution in [0.2, 0.25) is 0 Å². The van der Waals surface area contributed by atoms with E-state index in [2.05, 4.69) is 6.07 Å². The molecule has 0 aromatic heterocycles. The third kappa shape index (κ3) is 3.86. The lowest BCUT2D eigenvalue weighted by molar-refractivity contribution is -0.118. The number of aryl methyl sites for hydroxylation is 2. The van der Waals surface area contributed by atoms with Gasteiger partial charge in [-0.25, -0.2) is 0 Å². The van der Waals surface area contributed by atoms with Crippen molar-refractivity contribution >= 4 is 11.6 Å². The van der Waals surface area contributed by atoms with E-state index in [4.69, 9.17) is 5.73 Å². The number of hydrogen-bond acceptors (Lipinski definition) is 2. The number of carbonyl (C=O) groups is 1. The molecule has 0 atom stereocenters. The Morgan fingerprint density at radius 3 is 2.29 bits per heavy atom. The van der Waals surface area contributed by atoms with Crippen molar-refractivity contribution in [3.63, 3.8) is 0 Å². The molecule has 1 rings (SSSR count). The minimum atomic E-state index is 0.156. The first kappa shape index (κ1) is 13.7. The van der Waals surface area contributed by atoms with Crippen LogP contribution in [0.4, 0.5) is 5.69 Å². The van der Waals surface area contributed by atoms with Gasteiger partial charge in [0, 0.05) is 25.2 Å². The van der Waals surface area contributed by atoms with Gasteiger partial charge in [0.1, 0.15) is 0 Å². The first-order valence-electron chi connectivity index (χ1n) is 6.17. The van der Waals surface area contributed by atoms with Gasteiger partial charge in [0.25, 0.3) is 0 Å². The maximum Gasteiger partial charge on any atom is 0.227 e. The van der Waals surface area contributed by atoms with E-state index in [0.29, 0.717) is 19.5 Å². The van der Waals surface area contributed by atoms with Gasteiger partial charge in [-0.1, -0.05) is 13.0 Å². The number of hydrogen-bond donors (Lipinski definition) is 1. The zero-order valence-corrected chi connectivity index (χ0v) is 11.0. The number of rotatable bonds is 5. The molecule has 0 aliphatic heterocycles. The number of carbonyl (C=O) groups excluding carboxylic acids is 1. The Balaban J connectivity index is 3.00. The number of nitrogens with two attached hydrogens (primary N) is 1. The highest BCUT2D eigenvalue weighted by Crippen LogP contribution is 2.19. The molecule has 94 valence electrons. The molecule has 0 spiro atoms. The molecule has 3 nitrogen and oxygen atoms in total. The van der Waals surface area contributed by atoms with Gasteiger partial charge >= 0.3 is 0 Å². The minimum absolute atomic E-state index is 0.156. The third-order valence-electron chi connectivity index (χ3n) is 2.64. The lowest BCUT2D eigenvalue weighted by Crippen LogP contribution is -2.35. The Bertz CT molecular complexity index is 368. The summed E-state index contributed by atoms with van der Waals surface area (Å²) in [5, 5.41) is 0. The second-order valence-electron chi connectivity index (χ2n) is 4.43. The fourth-order valence-electron chi connectivity index (χ4n) is 1.98. The molecule has 0 heterocycles. The van der Waals surface area contributed by atoms with E-state index in [0.717, 1.165) is 12.1 Å². The summed E-state index contributed by atoms with van der Waals surface area (Å²) in [7, 11) is 0. The first-order chi connectivity index (χ1) is 8.08. The summed E-state index contributed by atoms with van der Waals surface area (Å²) < 4.78 is 0. The largest absolute Gasteiger partial charge is 0.329 e. The molecule has 1 aromatic rings. The molecule has 0 saturated heterocycles. The summed E-state index contributed by atoms with van der Waals surface area (Å²) in [4.78, 5) is 13.8. The molecule has 17 heavy (non-hydrogen) atoms. The van der Waals surface area contributed by atoms with Crippen molar-refractivity contribution < 1.29 is 4.79 Å². The van der Waals surface area contributed by atoms with Crippen LogP contribution in [0.25, 0.3) is 0 Å². The van der Waals surface area contributed by atoms with Gasteiger partial charge in [-0.3, -0.25) is 4.79 Å². The maximum atomic E-state index is 12.0. The van der Waals surface area contributed by atoms with Crippen molar-refractivity contribution in [3.05, 3.63) is 29.3 Å². The highest BCUT2D eigenvalue weighted by atomic mass is 16.2. The first-order valence-corrected chi connectivity index (χ1v) is 6.17.